The molecule has 5 heteroatoms. The Morgan fingerprint density at radius 2 is 1.80 bits per heavy atom. The second-order valence-corrected chi connectivity index (χ2v) is 4.28. The Kier molecular flexibility index (Phi) is 16.7. The number of benzene rings is 1. The van der Waals surface area contributed by atoms with Crippen molar-refractivity contribution < 1.29 is 63.7 Å². The smallest absolute Gasteiger partial charge is 0.481 e. The molecular weight excluding hydrogens is 499 g/mol. The molecule has 1 aliphatic heterocycles. The van der Waals surface area contributed by atoms with Crippen molar-refractivity contribution in [2.75, 3.05) is 6.54 Å². The number of aliphatic carboxylic acids is 1. The molecule has 1 heterocycles. The van der Waals surface area contributed by atoms with Crippen LogP contribution in [0.5, 0.6) is 0 Å². The van der Waals surface area contributed by atoms with Crippen LogP contribution in [0.3, 0.4) is 0 Å². The van der Waals surface area contributed by atoms with Gasteiger partial charge in [0.05, 0.1) is 5.92 Å². The molecule has 0 aliphatic carbocycles. The van der Waals surface area contributed by atoms with Crippen molar-refractivity contribution in [2.45, 2.75) is 31.2 Å². The summed E-state index contributed by atoms with van der Waals surface area (Å²) in [4.78, 5) is 11.4. The molecule has 0 spiro atoms. The van der Waals surface area contributed by atoms with Gasteiger partial charge in [0, 0.05) is 38.8 Å². The summed E-state index contributed by atoms with van der Waals surface area (Å²) >= 11 is 0. The fraction of sp³-hybridized carbons (Fsp3) is 0.400. The predicted molar refractivity (Wildman–Crippen MR) is 75.3 cm³/mol. The maximum Gasteiger partial charge on any atom is 2.00 e. The van der Waals surface area contributed by atoms with Crippen LogP contribution in [0.2, 0.25) is 0 Å². The van der Waals surface area contributed by atoms with Crippen molar-refractivity contribution in [3.63, 3.8) is 0 Å². The number of carboxylic acid groups (broad SMARTS) is 1. The van der Waals surface area contributed by atoms with Crippen LogP contribution in [-0.2, 0) is 58.6 Å². The Hall–Kier alpha value is 0.442. The fourth-order valence-electron chi connectivity index (χ4n) is 2.37. The van der Waals surface area contributed by atoms with Crippen LogP contribution in [0.1, 0.15) is 30.7 Å². The zero-order chi connectivity index (χ0) is 11.4. The molecule has 1 radical (unpaired) electrons. The molecule has 1 fully saturated rings. The van der Waals surface area contributed by atoms with Gasteiger partial charge in [-0.2, -0.15) is 0 Å². The molecule has 2 unspecified atom stereocenters. The minimum Gasteiger partial charge on any atom is -0.481 e. The van der Waals surface area contributed by atoms with E-state index in [1.54, 1.807) is 0 Å². The van der Waals surface area contributed by atoms with Crippen LogP contribution in [0.4, 0.5) is 0 Å². The van der Waals surface area contributed by atoms with Crippen LogP contribution in [0.15, 0.2) is 30.3 Å². The van der Waals surface area contributed by atoms with E-state index >= 15 is 0 Å². The zero-order valence-electron chi connectivity index (χ0n) is 12.2. The van der Waals surface area contributed by atoms with Gasteiger partial charge < -0.3 is 25.3 Å². The van der Waals surface area contributed by atoms with Gasteiger partial charge in [-0.1, -0.05) is 36.8 Å². The molecule has 20 heavy (non-hydrogen) atoms. The Balaban J connectivity index is -0.000000722. The van der Waals surface area contributed by atoms with Gasteiger partial charge in [-0.15, -0.1) is 0 Å². The first-order chi connectivity index (χ1) is 7.79. The van der Waals surface area contributed by atoms with E-state index in [2.05, 4.69) is 5.32 Å². The average Bonchev–Trinajstić information content (AvgIpc) is 2.31. The second kappa shape index (κ2) is 13.1. The second-order valence-electron chi connectivity index (χ2n) is 4.28. The molecule has 2 N–H and O–H groups in total. The third kappa shape index (κ3) is 6.94. The van der Waals surface area contributed by atoms with E-state index in [9.17, 15) is 9.90 Å². The molecule has 3 nitrogen and oxygen atoms in total. The monoisotopic (exact) mass is 522 g/mol. The van der Waals surface area contributed by atoms with Crippen molar-refractivity contribution in [2.24, 2.45) is 0 Å². The van der Waals surface area contributed by atoms with E-state index in [0.29, 0.717) is 0 Å². The summed E-state index contributed by atoms with van der Waals surface area (Å²) < 4.78 is 0. The molecule has 2 atom stereocenters. The first-order valence-electron chi connectivity index (χ1n) is 5.80. The van der Waals surface area contributed by atoms with E-state index in [1.807, 2.05) is 30.3 Å². The van der Waals surface area contributed by atoms with E-state index in [0.717, 1.165) is 31.4 Å². The topological polar surface area (TPSA) is 49.3 Å². The normalized spacial score (nSPS) is 18.1. The van der Waals surface area contributed by atoms with Crippen molar-refractivity contribution in [3.8, 4) is 0 Å². The van der Waals surface area contributed by atoms with Crippen LogP contribution < -0.4 is 5.32 Å². The van der Waals surface area contributed by atoms with Crippen molar-refractivity contribution in [1.29, 1.82) is 0 Å². The summed E-state index contributed by atoms with van der Waals surface area (Å²) in [5.41, 5.74) is 0.898. The number of carbonyl (C=O) groups is 1. The molecule has 1 aliphatic rings. The SMILES string of the molecule is O=C(O)C(c1ccccc1)C1CCCCN1.[CH3-].[CH3-].[W+2].[Y]. The van der Waals surface area contributed by atoms with E-state index < -0.39 is 11.9 Å². The van der Waals surface area contributed by atoms with E-state index in [4.69, 9.17) is 0 Å². The van der Waals surface area contributed by atoms with E-state index in [-0.39, 0.29) is 74.7 Å². The molecule has 0 bridgehead atoms. The van der Waals surface area contributed by atoms with Gasteiger partial charge in [0.25, 0.3) is 0 Å². The molecular formula is C15H23NO2WY. The summed E-state index contributed by atoms with van der Waals surface area (Å²) in [6.07, 6.45) is 3.22. The Labute approximate surface area is 162 Å². The molecule has 0 saturated carbocycles. The molecule has 1 aromatic carbocycles. The van der Waals surface area contributed by atoms with Gasteiger partial charge in [0.2, 0.25) is 0 Å². The van der Waals surface area contributed by atoms with Crippen LogP contribution in [-0.4, -0.2) is 23.7 Å². The van der Waals surface area contributed by atoms with Gasteiger partial charge in [0.15, 0.2) is 0 Å². The summed E-state index contributed by atoms with van der Waals surface area (Å²) in [5, 5.41) is 12.7. The summed E-state index contributed by atoms with van der Waals surface area (Å²) in [5.74, 6) is -1.15. The molecule has 1 aromatic rings. The number of hydrogen-bond donors (Lipinski definition) is 2. The first-order valence-corrected chi connectivity index (χ1v) is 5.80. The Morgan fingerprint density at radius 1 is 1.20 bits per heavy atom. The number of nitrogens with one attached hydrogen (secondary N) is 1. The van der Waals surface area contributed by atoms with Gasteiger partial charge in [-0.25, -0.2) is 0 Å². The van der Waals surface area contributed by atoms with E-state index in [1.165, 1.54) is 0 Å². The minimum atomic E-state index is -0.731. The quantitative estimate of drug-likeness (QED) is 0.601. The number of hydrogen-bond acceptors (Lipinski definition) is 2. The van der Waals surface area contributed by atoms with Crippen LogP contribution in [0, 0.1) is 14.9 Å². The maximum atomic E-state index is 11.4. The standard InChI is InChI=1S/C13H17NO2.2CH3.W.Y/c15-13(16)12(10-6-2-1-3-7-10)11-8-4-5-9-14-11;;;;/h1-3,6-7,11-12,14H,4-5,8-9H2,(H,15,16);2*1H3;;/q;2*-1;+2;. The van der Waals surface area contributed by atoms with Gasteiger partial charge >= 0.3 is 27.0 Å². The third-order valence-electron chi connectivity index (χ3n) is 3.18. The molecule has 2 rings (SSSR count). The summed E-state index contributed by atoms with van der Waals surface area (Å²) in [7, 11) is 0. The van der Waals surface area contributed by atoms with Crippen molar-refractivity contribution >= 4 is 5.97 Å². The van der Waals surface area contributed by atoms with Crippen LogP contribution in [0.25, 0.3) is 0 Å². The predicted octanol–water partition coefficient (Wildman–Crippen LogP) is 2.89. The first kappa shape index (κ1) is 25.4. The maximum absolute atomic E-state index is 11.4. The minimum absolute atomic E-state index is 0. The number of rotatable bonds is 3. The van der Waals surface area contributed by atoms with Crippen molar-refractivity contribution in [3.05, 3.63) is 50.7 Å². The van der Waals surface area contributed by atoms with Crippen LogP contribution >= 0.6 is 0 Å². The molecule has 1 saturated heterocycles. The number of piperidine rings is 1. The average molecular weight is 522 g/mol. The summed E-state index contributed by atoms with van der Waals surface area (Å²) in [6.45, 7) is 0.932. The third-order valence-corrected chi connectivity index (χ3v) is 3.18. The largest absolute Gasteiger partial charge is 2.00 e. The van der Waals surface area contributed by atoms with Gasteiger partial charge in [-0.05, 0) is 24.9 Å². The number of carboxylic acids is 1. The van der Waals surface area contributed by atoms with Crippen molar-refractivity contribution in [1.82, 2.24) is 5.32 Å². The molecule has 0 aromatic heterocycles. The van der Waals surface area contributed by atoms with Gasteiger partial charge in [0.1, 0.15) is 0 Å². The molecule has 109 valence electrons. The van der Waals surface area contributed by atoms with Gasteiger partial charge in [-0.3, -0.25) is 4.79 Å². The fourth-order valence-corrected chi connectivity index (χ4v) is 2.37. The Bertz CT molecular complexity index is 356. The molecule has 0 amide bonds. The zero-order valence-corrected chi connectivity index (χ0v) is 18.0. The Morgan fingerprint density at radius 3 is 2.25 bits per heavy atom. The summed E-state index contributed by atoms with van der Waals surface area (Å²) in [6, 6.07) is 9.58.